The highest BCUT2D eigenvalue weighted by Gasteiger charge is 2.45. The normalized spacial score (nSPS) is 20.9. The topological polar surface area (TPSA) is 55.8 Å². The van der Waals surface area contributed by atoms with Crippen molar-refractivity contribution >= 4 is 31.3 Å². The van der Waals surface area contributed by atoms with Crippen molar-refractivity contribution in [1.82, 2.24) is 4.90 Å². The number of carbonyl (C=O) groups excluding carboxylic acids is 2. The van der Waals surface area contributed by atoms with E-state index in [-0.39, 0.29) is 17.7 Å². The molecule has 1 fully saturated rings. The van der Waals surface area contributed by atoms with E-state index in [0.29, 0.717) is 13.0 Å². The molecule has 1 heterocycles. The van der Waals surface area contributed by atoms with Gasteiger partial charge in [-0.15, -0.1) is 0 Å². The average molecular weight is 398 g/mol. The van der Waals surface area contributed by atoms with Crippen LogP contribution in [-0.2, 0) is 20.6 Å². The fraction of sp³-hybridized carbons (Fsp3) is 0.579. The maximum atomic E-state index is 12.5. The van der Waals surface area contributed by atoms with Crippen LogP contribution in [0, 0.1) is 0 Å². The van der Waals surface area contributed by atoms with Gasteiger partial charge in [0.1, 0.15) is 12.6 Å². The summed E-state index contributed by atoms with van der Waals surface area (Å²) in [7, 11) is -2.00. The molecule has 1 saturated heterocycles. The molecule has 1 aliphatic heterocycles. The minimum Gasteiger partial charge on any atom is -0.445 e. The Kier molecular flexibility index (Phi) is 6.53. The van der Waals surface area contributed by atoms with Crippen LogP contribution < -0.4 is 0 Å². The molecule has 7 heteroatoms. The van der Waals surface area contributed by atoms with Crippen molar-refractivity contribution in [3.05, 3.63) is 35.9 Å². The molecule has 0 saturated carbocycles. The molecule has 0 aromatic heterocycles. The standard InChI is InChI=1S/C19H28ClNO4Si/c1-19(2,3)26(4,5)25-15-11-16(17(20)22)21(12-15)18(23)24-13-14-9-7-6-8-10-14/h6-10,15-16H,11-13H2,1-5H3/t15-,16+/m1/s1. The van der Waals surface area contributed by atoms with Crippen LogP contribution in [-0.4, -0.2) is 43.2 Å². The maximum absolute atomic E-state index is 12.5. The molecular formula is C19H28ClNO4Si. The predicted octanol–water partition coefficient (Wildman–Crippen LogP) is 4.55. The second-order valence-corrected chi connectivity index (χ2v) is 13.4. The van der Waals surface area contributed by atoms with Crippen molar-refractivity contribution < 1.29 is 18.8 Å². The van der Waals surface area contributed by atoms with Crippen molar-refractivity contribution in [3.63, 3.8) is 0 Å². The summed E-state index contributed by atoms with van der Waals surface area (Å²) in [5.74, 6) is 0. The van der Waals surface area contributed by atoms with Gasteiger partial charge in [0, 0.05) is 13.0 Å². The number of amides is 1. The van der Waals surface area contributed by atoms with Gasteiger partial charge in [0.2, 0.25) is 5.24 Å². The van der Waals surface area contributed by atoms with Crippen molar-refractivity contribution in [2.75, 3.05) is 6.54 Å². The lowest BCUT2D eigenvalue weighted by Crippen LogP contribution is -2.45. The Hall–Kier alpha value is -1.37. The average Bonchev–Trinajstić information content (AvgIpc) is 2.96. The van der Waals surface area contributed by atoms with Gasteiger partial charge in [-0.2, -0.15) is 0 Å². The number of hydrogen-bond acceptors (Lipinski definition) is 4. The second kappa shape index (κ2) is 8.11. The Morgan fingerprint density at radius 3 is 2.38 bits per heavy atom. The van der Waals surface area contributed by atoms with E-state index in [1.807, 2.05) is 30.3 Å². The summed E-state index contributed by atoms with van der Waals surface area (Å²) in [4.78, 5) is 25.7. The molecule has 1 amide bonds. The molecular weight excluding hydrogens is 370 g/mol. The summed E-state index contributed by atoms with van der Waals surface area (Å²) in [6.07, 6.45) is -0.322. The SMILES string of the molecule is CC(C)(C)[Si](C)(C)O[C@@H]1C[C@@H](C(=O)Cl)N(C(=O)OCc2ccccc2)C1. The van der Waals surface area contributed by atoms with E-state index in [0.717, 1.165) is 5.56 Å². The number of benzene rings is 1. The zero-order valence-electron chi connectivity index (χ0n) is 16.1. The van der Waals surface area contributed by atoms with E-state index in [2.05, 4.69) is 33.9 Å². The lowest BCUT2D eigenvalue weighted by Gasteiger charge is -2.38. The molecule has 0 bridgehead atoms. The molecule has 2 rings (SSSR count). The first kappa shape index (κ1) is 20.9. The Morgan fingerprint density at radius 2 is 1.85 bits per heavy atom. The van der Waals surface area contributed by atoms with E-state index in [9.17, 15) is 9.59 Å². The summed E-state index contributed by atoms with van der Waals surface area (Å²) >= 11 is 5.73. The summed E-state index contributed by atoms with van der Waals surface area (Å²) in [6.45, 7) is 11.3. The minimum absolute atomic E-state index is 0.0503. The summed E-state index contributed by atoms with van der Waals surface area (Å²) in [6, 6.07) is 8.72. The highest BCUT2D eigenvalue weighted by Crippen LogP contribution is 2.39. The van der Waals surface area contributed by atoms with Gasteiger partial charge in [-0.3, -0.25) is 9.69 Å². The molecule has 26 heavy (non-hydrogen) atoms. The van der Waals surface area contributed by atoms with Crippen LogP contribution in [0.1, 0.15) is 32.8 Å². The Balaban J connectivity index is 2.02. The molecule has 0 N–H and O–H groups in total. The Labute approximate surface area is 161 Å². The van der Waals surface area contributed by atoms with Crippen molar-refractivity contribution in [3.8, 4) is 0 Å². The molecule has 0 unspecified atom stereocenters. The van der Waals surface area contributed by atoms with E-state index >= 15 is 0 Å². The molecule has 1 aliphatic rings. The Morgan fingerprint density at radius 1 is 1.23 bits per heavy atom. The predicted molar refractivity (Wildman–Crippen MR) is 105 cm³/mol. The molecule has 1 aromatic rings. The zero-order valence-corrected chi connectivity index (χ0v) is 17.9. The van der Waals surface area contributed by atoms with Crippen LogP contribution in [0.25, 0.3) is 0 Å². The largest absolute Gasteiger partial charge is 0.445 e. The second-order valence-electron chi connectivity index (χ2n) is 8.25. The molecule has 0 radical (unpaired) electrons. The molecule has 1 aromatic carbocycles. The van der Waals surface area contributed by atoms with E-state index in [4.69, 9.17) is 20.8 Å². The van der Waals surface area contributed by atoms with Crippen molar-refractivity contribution in [2.24, 2.45) is 0 Å². The lowest BCUT2D eigenvalue weighted by molar-refractivity contribution is -0.115. The zero-order chi connectivity index (χ0) is 19.5. The van der Waals surface area contributed by atoms with Crippen LogP contribution in [0.3, 0.4) is 0 Å². The fourth-order valence-corrected chi connectivity index (χ4v) is 4.26. The van der Waals surface area contributed by atoms with Gasteiger partial charge in [0.15, 0.2) is 8.32 Å². The number of likely N-dealkylation sites (tertiary alicyclic amines) is 1. The van der Waals surface area contributed by atoms with Crippen LogP contribution in [0.5, 0.6) is 0 Å². The van der Waals surface area contributed by atoms with E-state index < -0.39 is 25.7 Å². The van der Waals surface area contributed by atoms with Gasteiger partial charge >= 0.3 is 6.09 Å². The first-order chi connectivity index (χ1) is 12.0. The third-order valence-electron chi connectivity index (χ3n) is 5.23. The van der Waals surface area contributed by atoms with Gasteiger partial charge < -0.3 is 9.16 Å². The van der Waals surface area contributed by atoms with Gasteiger partial charge in [0.25, 0.3) is 0 Å². The number of nitrogens with zero attached hydrogens (tertiary/aromatic N) is 1. The van der Waals surface area contributed by atoms with Crippen molar-refractivity contribution in [1.29, 1.82) is 0 Å². The molecule has 0 aliphatic carbocycles. The minimum atomic E-state index is -2.00. The van der Waals surface area contributed by atoms with E-state index in [1.54, 1.807) is 0 Å². The number of carbonyl (C=O) groups is 2. The molecule has 2 atom stereocenters. The van der Waals surface area contributed by atoms with Crippen LogP contribution in [0.4, 0.5) is 4.79 Å². The van der Waals surface area contributed by atoms with Crippen LogP contribution >= 0.6 is 11.6 Å². The highest BCUT2D eigenvalue weighted by molar-refractivity contribution is 6.74. The first-order valence-corrected chi connectivity index (χ1v) is 12.1. The maximum Gasteiger partial charge on any atom is 0.410 e. The summed E-state index contributed by atoms with van der Waals surface area (Å²) in [5.41, 5.74) is 0.892. The van der Waals surface area contributed by atoms with Crippen LogP contribution in [0.15, 0.2) is 30.3 Å². The number of hydrogen-bond donors (Lipinski definition) is 0. The number of ether oxygens (including phenoxy) is 1. The number of rotatable bonds is 5. The summed E-state index contributed by atoms with van der Waals surface area (Å²) in [5, 5.41) is -0.502. The molecule has 144 valence electrons. The third kappa shape index (κ3) is 5.08. The van der Waals surface area contributed by atoms with Gasteiger partial charge in [-0.25, -0.2) is 4.79 Å². The monoisotopic (exact) mass is 397 g/mol. The third-order valence-corrected chi connectivity index (χ3v) is 10.0. The molecule has 5 nitrogen and oxygen atoms in total. The summed E-state index contributed by atoms with van der Waals surface area (Å²) < 4.78 is 11.7. The highest BCUT2D eigenvalue weighted by atomic mass is 35.5. The van der Waals surface area contributed by atoms with Crippen molar-refractivity contribution in [2.45, 2.75) is 64.1 Å². The first-order valence-electron chi connectivity index (χ1n) is 8.86. The van der Waals surface area contributed by atoms with Gasteiger partial charge in [-0.1, -0.05) is 51.1 Å². The molecule has 0 spiro atoms. The van der Waals surface area contributed by atoms with Crippen LogP contribution in [0.2, 0.25) is 18.1 Å². The van der Waals surface area contributed by atoms with Gasteiger partial charge in [-0.05, 0) is 35.3 Å². The lowest BCUT2D eigenvalue weighted by atomic mass is 10.2. The quantitative estimate of drug-likeness (QED) is 0.540. The smallest absolute Gasteiger partial charge is 0.410 e. The Bertz CT molecular complexity index is 645. The fourth-order valence-electron chi connectivity index (χ4n) is 2.70. The number of halogens is 1. The van der Waals surface area contributed by atoms with Gasteiger partial charge in [0.05, 0.1) is 6.10 Å². The van der Waals surface area contributed by atoms with E-state index in [1.165, 1.54) is 4.90 Å².